The molecule has 2 aromatic heterocycles. The van der Waals surface area contributed by atoms with Crippen LogP contribution >= 0.6 is 11.6 Å². The van der Waals surface area contributed by atoms with E-state index in [2.05, 4.69) is 10.1 Å². The third kappa shape index (κ3) is 3.17. The Kier molecular flexibility index (Phi) is 4.15. The summed E-state index contributed by atoms with van der Waals surface area (Å²) in [5.74, 6) is 0. The summed E-state index contributed by atoms with van der Waals surface area (Å²) in [5.41, 5.74) is 1.85. The molecule has 0 saturated carbocycles. The van der Waals surface area contributed by atoms with Crippen LogP contribution < -0.4 is 0 Å². The number of rotatable bonds is 2. The second-order valence-corrected chi connectivity index (χ2v) is 6.53. The van der Waals surface area contributed by atoms with Gasteiger partial charge >= 0.3 is 6.18 Å². The van der Waals surface area contributed by atoms with Crippen LogP contribution in [0.25, 0.3) is 28.0 Å². The molecular weight excluding hydrogens is 375 g/mol. The van der Waals surface area contributed by atoms with E-state index in [9.17, 15) is 13.2 Å². The van der Waals surface area contributed by atoms with Gasteiger partial charge < -0.3 is 0 Å². The van der Waals surface area contributed by atoms with Crippen LogP contribution in [0.5, 0.6) is 0 Å². The van der Waals surface area contributed by atoms with Gasteiger partial charge in [0, 0.05) is 16.1 Å². The first-order chi connectivity index (χ1) is 12.8. The number of alkyl halides is 3. The molecule has 3 nitrogen and oxygen atoms in total. The third-order valence-corrected chi connectivity index (χ3v) is 4.51. The van der Waals surface area contributed by atoms with E-state index in [1.54, 1.807) is 61.5 Å². The molecule has 0 amide bonds. The highest BCUT2D eigenvalue weighted by atomic mass is 35.5. The zero-order valence-electron chi connectivity index (χ0n) is 14.1. The van der Waals surface area contributed by atoms with E-state index in [1.807, 2.05) is 0 Å². The van der Waals surface area contributed by atoms with Crippen molar-refractivity contribution in [2.75, 3.05) is 0 Å². The lowest BCUT2D eigenvalue weighted by Gasteiger charge is -2.11. The van der Waals surface area contributed by atoms with Gasteiger partial charge in [-0.25, -0.2) is 9.50 Å². The summed E-state index contributed by atoms with van der Waals surface area (Å²) in [5, 5.41) is 4.66. The molecule has 7 heteroatoms. The maximum atomic E-state index is 13.7. The molecule has 136 valence electrons. The normalized spacial score (nSPS) is 11.9. The van der Waals surface area contributed by atoms with Gasteiger partial charge in [0.25, 0.3) is 0 Å². The van der Waals surface area contributed by atoms with Crippen LogP contribution in [0.2, 0.25) is 5.02 Å². The third-order valence-electron chi connectivity index (χ3n) is 4.26. The smallest absolute Gasteiger partial charge is 0.228 e. The van der Waals surface area contributed by atoms with Gasteiger partial charge in [-0.05, 0) is 30.7 Å². The van der Waals surface area contributed by atoms with Gasteiger partial charge in [-0.3, -0.25) is 0 Å². The van der Waals surface area contributed by atoms with E-state index in [-0.39, 0.29) is 11.3 Å². The molecule has 4 aromatic rings. The van der Waals surface area contributed by atoms with Gasteiger partial charge in [-0.2, -0.15) is 18.3 Å². The molecule has 27 heavy (non-hydrogen) atoms. The van der Waals surface area contributed by atoms with Crippen LogP contribution in [0.15, 0.2) is 60.7 Å². The van der Waals surface area contributed by atoms with Gasteiger partial charge in [-0.15, -0.1) is 0 Å². The Balaban J connectivity index is 2.06. The fraction of sp³-hybridized carbons (Fsp3) is 0.100. The Labute approximate surface area is 158 Å². The number of benzene rings is 2. The van der Waals surface area contributed by atoms with Gasteiger partial charge in [0.15, 0.2) is 11.3 Å². The van der Waals surface area contributed by atoms with Crippen molar-refractivity contribution in [1.82, 2.24) is 14.6 Å². The van der Waals surface area contributed by atoms with Crippen LogP contribution in [-0.2, 0) is 6.18 Å². The first-order valence-corrected chi connectivity index (χ1v) is 8.51. The predicted molar refractivity (Wildman–Crippen MR) is 98.6 cm³/mol. The Bertz CT molecular complexity index is 1120. The highest BCUT2D eigenvalue weighted by Crippen LogP contribution is 2.36. The van der Waals surface area contributed by atoms with Crippen LogP contribution in [-0.4, -0.2) is 14.6 Å². The number of fused-ring (bicyclic) bond motifs is 1. The highest BCUT2D eigenvalue weighted by molar-refractivity contribution is 6.30. The Hall–Kier alpha value is -2.86. The monoisotopic (exact) mass is 387 g/mol. The molecule has 4 rings (SSSR count). The van der Waals surface area contributed by atoms with Crippen LogP contribution in [0.1, 0.15) is 11.4 Å². The Morgan fingerprint density at radius 1 is 0.926 bits per heavy atom. The molecule has 0 aliphatic rings. The maximum absolute atomic E-state index is 13.7. The van der Waals surface area contributed by atoms with Crippen molar-refractivity contribution in [3.63, 3.8) is 0 Å². The first-order valence-electron chi connectivity index (χ1n) is 8.13. The number of nitrogens with zero attached hydrogens (tertiary/aromatic N) is 3. The zero-order chi connectivity index (χ0) is 19.2. The lowest BCUT2D eigenvalue weighted by molar-refractivity contribution is -0.142. The van der Waals surface area contributed by atoms with Crippen molar-refractivity contribution in [1.29, 1.82) is 0 Å². The van der Waals surface area contributed by atoms with E-state index >= 15 is 0 Å². The van der Waals surface area contributed by atoms with Gasteiger partial charge in [0.2, 0.25) is 0 Å². The number of aryl methyl sites for hydroxylation is 1. The van der Waals surface area contributed by atoms with Crippen LogP contribution in [0, 0.1) is 6.92 Å². The molecule has 0 spiro atoms. The van der Waals surface area contributed by atoms with Crippen molar-refractivity contribution >= 4 is 17.2 Å². The minimum atomic E-state index is -4.57. The molecule has 0 atom stereocenters. The Morgan fingerprint density at radius 3 is 2.22 bits per heavy atom. The quantitative estimate of drug-likeness (QED) is 0.419. The second-order valence-electron chi connectivity index (χ2n) is 6.09. The molecule has 0 aliphatic carbocycles. The Morgan fingerprint density at radius 2 is 1.59 bits per heavy atom. The minimum Gasteiger partial charge on any atom is -0.228 e. The molecule has 0 N–H and O–H groups in total. The lowest BCUT2D eigenvalue weighted by Crippen LogP contribution is -2.13. The maximum Gasteiger partial charge on any atom is 0.433 e. The summed E-state index contributed by atoms with van der Waals surface area (Å²) in [6.45, 7) is 1.67. The summed E-state index contributed by atoms with van der Waals surface area (Å²) in [7, 11) is 0. The van der Waals surface area contributed by atoms with Crippen LogP contribution in [0.3, 0.4) is 0 Å². The van der Waals surface area contributed by atoms with Crippen molar-refractivity contribution in [3.05, 3.63) is 77.1 Å². The van der Waals surface area contributed by atoms with E-state index in [4.69, 9.17) is 11.6 Å². The van der Waals surface area contributed by atoms with Gasteiger partial charge in [0.1, 0.15) is 0 Å². The fourth-order valence-corrected chi connectivity index (χ4v) is 3.16. The fourth-order valence-electron chi connectivity index (χ4n) is 3.04. The van der Waals surface area contributed by atoms with E-state index in [0.29, 0.717) is 27.4 Å². The molecule has 0 fully saturated rings. The molecule has 0 aliphatic heterocycles. The summed E-state index contributed by atoms with van der Waals surface area (Å²) in [4.78, 5) is 4.51. The van der Waals surface area contributed by atoms with E-state index < -0.39 is 11.9 Å². The highest BCUT2D eigenvalue weighted by Gasteiger charge is 2.36. The first kappa shape index (κ1) is 17.5. The van der Waals surface area contributed by atoms with Crippen molar-refractivity contribution in [3.8, 4) is 22.4 Å². The summed E-state index contributed by atoms with van der Waals surface area (Å²) >= 11 is 5.94. The summed E-state index contributed by atoms with van der Waals surface area (Å²) in [6.07, 6.45) is -4.57. The molecule has 0 saturated heterocycles. The van der Waals surface area contributed by atoms with Gasteiger partial charge in [0.05, 0.1) is 11.4 Å². The standard InChI is InChI=1S/C20H13ClF3N3/c1-12-18(14-7-9-15(21)10-8-14)19-25-16(13-5-3-2-4-6-13)11-17(20(22,23)24)27(19)26-12/h2-11H,1H3. The average Bonchev–Trinajstić information content (AvgIpc) is 2.97. The van der Waals surface area contributed by atoms with E-state index in [0.717, 1.165) is 10.6 Å². The van der Waals surface area contributed by atoms with Gasteiger partial charge in [-0.1, -0.05) is 54.1 Å². The van der Waals surface area contributed by atoms with Crippen LogP contribution in [0.4, 0.5) is 13.2 Å². The molecule has 0 unspecified atom stereocenters. The number of hydrogen-bond donors (Lipinski definition) is 0. The second kappa shape index (κ2) is 6.39. The number of aromatic nitrogens is 3. The topological polar surface area (TPSA) is 30.2 Å². The molecule has 2 aromatic carbocycles. The van der Waals surface area contributed by atoms with Crippen molar-refractivity contribution in [2.45, 2.75) is 13.1 Å². The predicted octanol–water partition coefficient (Wildman–Crippen LogP) is 6.04. The molecular formula is C20H13ClF3N3. The minimum absolute atomic E-state index is 0.156. The molecule has 0 radical (unpaired) electrons. The lowest BCUT2D eigenvalue weighted by atomic mass is 10.1. The molecule has 2 heterocycles. The van der Waals surface area contributed by atoms with E-state index in [1.165, 1.54) is 0 Å². The largest absolute Gasteiger partial charge is 0.433 e. The summed E-state index contributed by atoms with van der Waals surface area (Å²) < 4.78 is 42.0. The summed E-state index contributed by atoms with van der Waals surface area (Å²) in [6, 6.07) is 16.7. The number of halogens is 4. The number of hydrogen-bond acceptors (Lipinski definition) is 2. The molecule has 0 bridgehead atoms. The van der Waals surface area contributed by atoms with Crippen molar-refractivity contribution < 1.29 is 13.2 Å². The zero-order valence-corrected chi connectivity index (χ0v) is 14.9. The SMILES string of the molecule is Cc1nn2c(C(F)(F)F)cc(-c3ccccc3)nc2c1-c1ccc(Cl)cc1. The average molecular weight is 388 g/mol. The van der Waals surface area contributed by atoms with Crippen molar-refractivity contribution in [2.24, 2.45) is 0 Å².